The summed E-state index contributed by atoms with van der Waals surface area (Å²) in [5.41, 5.74) is 0.430. The first kappa shape index (κ1) is 14.2. The van der Waals surface area contributed by atoms with Crippen LogP contribution in [0.5, 0.6) is 0 Å². The van der Waals surface area contributed by atoms with Crippen molar-refractivity contribution in [2.75, 3.05) is 0 Å². The summed E-state index contributed by atoms with van der Waals surface area (Å²) < 4.78 is 13.3. The van der Waals surface area contributed by atoms with Crippen LogP contribution in [0.4, 0.5) is 4.39 Å². The second-order valence-corrected chi connectivity index (χ2v) is 5.79. The minimum absolute atomic E-state index is 0.0353. The largest absolute Gasteiger partial charge is 0.351 e. The van der Waals surface area contributed by atoms with Crippen LogP contribution >= 0.6 is 15.9 Å². The number of nitrogens with one attached hydrogen (secondary N) is 1. The highest BCUT2D eigenvalue weighted by molar-refractivity contribution is 9.10. The van der Waals surface area contributed by atoms with E-state index in [9.17, 15) is 9.18 Å². The molecule has 0 saturated carbocycles. The molecule has 3 nitrogen and oxygen atoms in total. The van der Waals surface area contributed by atoms with E-state index in [0.29, 0.717) is 11.1 Å². The van der Waals surface area contributed by atoms with Gasteiger partial charge in [0.05, 0.1) is 5.41 Å². The smallest absolute Gasteiger partial charge is 0.226 e. The van der Waals surface area contributed by atoms with Crippen LogP contribution in [0.1, 0.15) is 31.7 Å². The molecule has 0 saturated heterocycles. The maximum atomic E-state index is 12.9. The minimum atomic E-state index is -0.536. The first-order valence-corrected chi connectivity index (χ1v) is 7.05. The molecule has 1 amide bonds. The number of aromatic nitrogens is 1. The molecular formula is C14H16BrFN2O. The van der Waals surface area contributed by atoms with Crippen molar-refractivity contribution in [3.8, 4) is 0 Å². The van der Waals surface area contributed by atoms with E-state index >= 15 is 0 Å². The van der Waals surface area contributed by atoms with Gasteiger partial charge in [0.25, 0.3) is 0 Å². The molecule has 2 rings (SSSR count). The number of allylic oxidation sites excluding steroid dienone is 2. The molecule has 0 fully saturated rings. The fraction of sp³-hybridized carbons (Fsp3) is 0.429. The molecule has 1 heterocycles. The highest BCUT2D eigenvalue weighted by Crippen LogP contribution is 2.32. The lowest BCUT2D eigenvalue weighted by atomic mass is 9.78. The molecule has 19 heavy (non-hydrogen) atoms. The number of pyridine rings is 1. The number of amides is 1. The summed E-state index contributed by atoms with van der Waals surface area (Å²) in [6.07, 6.45) is 6.72. The third kappa shape index (κ3) is 3.41. The normalized spacial score (nSPS) is 22.3. The molecule has 0 bridgehead atoms. The van der Waals surface area contributed by atoms with Crippen LogP contribution in [0.15, 0.2) is 28.9 Å². The highest BCUT2D eigenvalue weighted by atomic mass is 79.9. The monoisotopic (exact) mass is 326 g/mol. The zero-order valence-electron chi connectivity index (χ0n) is 10.7. The van der Waals surface area contributed by atoms with Gasteiger partial charge in [0.15, 0.2) is 0 Å². The zero-order chi connectivity index (χ0) is 13.9. The molecule has 0 spiro atoms. The van der Waals surface area contributed by atoms with Crippen LogP contribution in [0, 0.1) is 11.4 Å². The Morgan fingerprint density at radius 1 is 1.53 bits per heavy atom. The van der Waals surface area contributed by atoms with Crippen molar-refractivity contribution in [2.45, 2.75) is 32.7 Å². The molecule has 1 atom stereocenters. The molecule has 102 valence electrons. The van der Waals surface area contributed by atoms with E-state index in [-0.39, 0.29) is 11.3 Å². The summed E-state index contributed by atoms with van der Waals surface area (Å²) in [6, 6.07) is 2.91. The molecule has 1 N–H and O–H groups in total. The second kappa shape index (κ2) is 5.82. The van der Waals surface area contributed by atoms with Crippen LogP contribution in [-0.4, -0.2) is 10.9 Å². The summed E-state index contributed by atoms with van der Waals surface area (Å²) in [4.78, 5) is 15.9. The number of hydrogen-bond donors (Lipinski definition) is 1. The van der Waals surface area contributed by atoms with Crippen LogP contribution in [-0.2, 0) is 11.3 Å². The summed E-state index contributed by atoms with van der Waals surface area (Å²) in [5.74, 6) is -0.501. The topological polar surface area (TPSA) is 42.0 Å². The number of hydrogen-bond acceptors (Lipinski definition) is 2. The summed E-state index contributed by atoms with van der Waals surface area (Å²) in [6.45, 7) is 2.33. The molecule has 1 aliphatic carbocycles. The van der Waals surface area contributed by atoms with Crippen LogP contribution in [0.25, 0.3) is 0 Å². The Labute approximate surface area is 120 Å². The van der Waals surface area contributed by atoms with Gasteiger partial charge in [-0.25, -0.2) is 4.98 Å². The predicted molar refractivity (Wildman–Crippen MR) is 74.8 cm³/mol. The molecule has 1 unspecified atom stereocenters. The Morgan fingerprint density at radius 2 is 2.32 bits per heavy atom. The van der Waals surface area contributed by atoms with Crippen molar-refractivity contribution in [3.05, 3.63) is 40.4 Å². The Kier molecular flexibility index (Phi) is 4.34. The molecule has 0 aromatic carbocycles. The van der Waals surface area contributed by atoms with Gasteiger partial charge in [-0.2, -0.15) is 4.39 Å². The van der Waals surface area contributed by atoms with Gasteiger partial charge in [-0.1, -0.05) is 25.1 Å². The van der Waals surface area contributed by atoms with Crippen molar-refractivity contribution in [3.63, 3.8) is 0 Å². The predicted octanol–water partition coefficient (Wildman–Crippen LogP) is 3.35. The van der Waals surface area contributed by atoms with E-state index in [1.807, 2.05) is 6.92 Å². The van der Waals surface area contributed by atoms with Gasteiger partial charge in [0.2, 0.25) is 11.9 Å². The number of carbonyl (C=O) groups excluding carboxylic acids is 1. The van der Waals surface area contributed by atoms with Gasteiger partial charge in [-0.05, 0) is 41.3 Å². The van der Waals surface area contributed by atoms with E-state index in [0.717, 1.165) is 24.8 Å². The first-order valence-electron chi connectivity index (χ1n) is 6.25. The van der Waals surface area contributed by atoms with Crippen molar-refractivity contribution in [1.82, 2.24) is 10.3 Å². The molecule has 1 aromatic rings. The van der Waals surface area contributed by atoms with Gasteiger partial charge in [0.1, 0.15) is 4.60 Å². The molecule has 0 aliphatic heterocycles. The van der Waals surface area contributed by atoms with Crippen LogP contribution < -0.4 is 5.32 Å². The first-order chi connectivity index (χ1) is 9.01. The minimum Gasteiger partial charge on any atom is -0.351 e. The molecule has 0 radical (unpaired) electrons. The second-order valence-electron chi connectivity index (χ2n) is 5.04. The molecule has 1 aliphatic rings. The maximum absolute atomic E-state index is 12.9. The van der Waals surface area contributed by atoms with Crippen molar-refractivity contribution >= 4 is 21.8 Å². The van der Waals surface area contributed by atoms with Crippen LogP contribution in [0.2, 0.25) is 0 Å². The van der Waals surface area contributed by atoms with Gasteiger partial charge >= 0.3 is 0 Å². The number of nitrogens with zero attached hydrogens (tertiary/aromatic N) is 1. The highest BCUT2D eigenvalue weighted by Gasteiger charge is 2.32. The Bertz CT molecular complexity index is 518. The lowest BCUT2D eigenvalue weighted by Gasteiger charge is -2.29. The van der Waals surface area contributed by atoms with Gasteiger partial charge in [0, 0.05) is 12.1 Å². The van der Waals surface area contributed by atoms with E-state index in [1.165, 1.54) is 6.07 Å². The maximum Gasteiger partial charge on any atom is 0.226 e. The summed E-state index contributed by atoms with van der Waals surface area (Å²) in [5, 5.41) is 2.90. The van der Waals surface area contributed by atoms with Gasteiger partial charge in [-0.3, -0.25) is 4.79 Å². The van der Waals surface area contributed by atoms with E-state index in [4.69, 9.17) is 0 Å². The van der Waals surface area contributed by atoms with Gasteiger partial charge in [-0.15, -0.1) is 0 Å². The van der Waals surface area contributed by atoms with Crippen LogP contribution in [0.3, 0.4) is 0 Å². The summed E-state index contributed by atoms with van der Waals surface area (Å²) in [7, 11) is 0. The fourth-order valence-electron chi connectivity index (χ4n) is 2.13. The third-order valence-corrected chi connectivity index (χ3v) is 4.16. The average molecular weight is 327 g/mol. The molecule has 5 heteroatoms. The third-order valence-electron chi connectivity index (χ3n) is 3.48. The van der Waals surface area contributed by atoms with Crippen molar-refractivity contribution in [1.29, 1.82) is 0 Å². The quantitative estimate of drug-likeness (QED) is 0.683. The summed E-state index contributed by atoms with van der Waals surface area (Å²) >= 11 is 3.19. The fourth-order valence-corrected chi connectivity index (χ4v) is 2.57. The Balaban J connectivity index is 1.98. The number of carbonyl (C=O) groups is 1. The Morgan fingerprint density at radius 3 is 2.95 bits per heavy atom. The van der Waals surface area contributed by atoms with Gasteiger partial charge < -0.3 is 5.32 Å². The van der Waals surface area contributed by atoms with E-state index in [1.54, 1.807) is 6.07 Å². The molecule has 1 aromatic heterocycles. The SMILES string of the molecule is CC1(C(=O)NCc2ccc(F)nc2Br)CC=CCC1. The number of halogens is 2. The zero-order valence-corrected chi connectivity index (χ0v) is 12.3. The standard InChI is InChI=1S/C14H16BrFN2O/c1-14(7-3-2-4-8-14)13(19)17-9-10-5-6-11(16)18-12(10)15/h2-3,5-6H,4,7-9H2,1H3,(H,17,19). The van der Waals surface area contributed by atoms with E-state index in [2.05, 4.69) is 38.4 Å². The van der Waals surface area contributed by atoms with E-state index < -0.39 is 5.95 Å². The van der Waals surface area contributed by atoms with Crippen molar-refractivity contribution in [2.24, 2.45) is 5.41 Å². The lowest BCUT2D eigenvalue weighted by Crippen LogP contribution is -2.39. The number of rotatable bonds is 3. The average Bonchev–Trinajstić information content (AvgIpc) is 2.38. The lowest BCUT2D eigenvalue weighted by molar-refractivity contribution is -0.130. The molecular weight excluding hydrogens is 311 g/mol. The Hall–Kier alpha value is -1.23. The van der Waals surface area contributed by atoms with Crippen molar-refractivity contribution < 1.29 is 9.18 Å².